The number of aromatic nitrogens is 2. The molecule has 0 amide bonds. The van der Waals surface area contributed by atoms with E-state index in [-0.39, 0.29) is 6.04 Å². The second-order valence-corrected chi connectivity index (χ2v) is 8.66. The van der Waals surface area contributed by atoms with Crippen LogP contribution < -0.4 is 15.3 Å². The van der Waals surface area contributed by atoms with E-state index < -0.39 is 0 Å². The second-order valence-electron chi connectivity index (χ2n) is 8.66. The molecule has 7 heteroatoms. The lowest BCUT2D eigenvalue weighted by molar-refractivity contribution is 0.157. The molecule has 1 N–H and O–H groups in total. The smallest absolute Gasteiger partial charge is 0.158 e. The Labute approximate surface area is 189 Å². The van der Waals surface area contributed by atoms with Gasteiger partial charge < -0.3 is 15.1 Å². The van der Waals surface area contributed by atoms with E-state index >= 15 is 0 Å². The van der Waals surface area contributed by atoms with Gasteiger partial charge in [-0.2, -0.15) is 0 Å². The molecule has 32 heavy (non-hydrogen) atoms. The summed E-state index contributed by atoms with van der Waals surface area (Å²) in [4.78, 5) is 19.6. The summed E-state index contributed by atoms with van der Waals surface area (Å²) < 4.78 is 0. The Balaban J connectivity index is 1.27. The van der Waals surface area contributed by atoms with Crippen molar-refractivity contribution >= 4 is 23.0 Å². The number of hydrogen-bond donors (Lipinski definition) is 1. The third-order valence-electron chi connectivity index (χ3n) is 6.37. The second kappa shape index (κ2) is 9.14. The largest absolute Gasteiger partial charge is 0.370 e. The zero-order valence-corrected chi connectivity index (χ0v) is 18.7. The maximum Gasteiger partial charge on any atom is 0.158 e. The molecule has 2 saturated heterocycles. The minimum atomic E-state index is 0.157. The van der Waals surface area contributed by atoms with Crippen LogP contribution in [-0.2, 0) is 4.84 Å². The molecule has 2 fully saturated rings. The van der Waals surface area contributed by atoms with E-state index in [1.165, 1.54) is 17.7 Å². The third-order valence-corrected chi connectivity index (χ3v) is 6.37. The molecule has 1 aromatic heterocycles. The van der Waals surface area contributed by atoms with E-state index in [1.54, 1.807) is 6.33 Å². The van der Waals surface area contributed by atoms with Gasteiger partial charge in [-0.05, 0) is 50.3 Å². The van der Waals surface area contributed by atoms with Crippen LogP contribution in [0.4, 0.5) is 23.0 Å². The zero-order chi connectivity index (χ0) is 21.9. The minimum absolute atomic E-state index is 0.157. The van der Waals surface area contributed by atoms with Gasteiger partial charge in [-0.3, -0.25) is 4.84 Å². The van der Waals surface area contributed by atoms with Gasteiger partial charge >= 0.3 is 0 Å². The first-order valence-electron chi connectivity index (χ1n) is 11.2. The van der Waals surface area contributed by atoms with Gasteiger partial charge in [0.15, 0.2) is 5.82 Å². The molecule has 2 aliphatic heterocycles. The highest BCUT2D eigenvalue weighted by Gasteiger charge is 2.29. The van der Waals surface area contributed by atoms with Crippen molar-refractivity contribution in [2.75, 3.05) is 49.1 Å². The van der Waals surface area contributed by atoms with Crippen LogP contribution in [0.5, 0.6) is 0 Å². The molecule has 0 saturated carbocycles. The lowest BCUT2D eigenvalue weighted by Crippen LogP contribution is -2.31. The normalized spacial score (nSPS) is 20.8. The van der Waals surface area contributed by atoms with Crippen molar-refractivity contribution in [3.05, 3.63) is 72.6 Å². The van der Waals surface area contributed by atoms with Crippen molar-refractivity contribution in [3.63, 3.8) is 0 Å². The summed E-state index contributed by atoms with van der Waals surface area (Å²) in [5.74, 6) is 1.51. The van der Waals surface area contributed by atoms with Crippen molar-refractivity contribution in [1.29, 1.82) is 0 Å². The quantitative estimate of drug-likeness (QED) is 0.628. The SMILES string of the molecule is CN(C)C1CCN(c2ccc(Nc3cc(N4OCCC4c4ccccc4)ncn3)cc2)C1. The van der Waals surface area contributed by atoms with Gasteiger partial charge in [-0.15, -0.1) is 0 Å². The van der Waals surface area contributed by atoms with Crippen molar-refractivity contribution < 1.29 is 4.84 Å². The number of benzene rings is 2. The standard InChI is InChI=1S/C25H30N6O/c1-29(2)22-12-14-30(17-22)21-10-8-20(9-11-21)28-24-16-25(27-18-26-24)31-23(13-15-32-31)19-6-4-3-5-7-19/h3-11,16,18,22-23H,12-15,17H2,1-2H3,(H,26,27,28). The van der Waals surface area contributed by atoms with Crippen LogP contribution in [0.2, 0.25) is 0 Å². The van der Waals surface area contributed by atoms with Crippen LogP contribution >= 0.6 is 0 Å². The fraction of sp³-hybridized carbons (Fsp3) is 0.360. The Morgan fingerprint density at radius 1 is 1.00 bits per heavy atom. The lowest BCUT2D eigenvalue weighted by Gasteiger charge is -2.24. The number of hydroxylamine groups is 1. The van der Waals surface area contributed by atoms with Gasteiger partial charge in [-0.25, -0.2) is 15.0 Å². The summed E-state index contributed by atoms with van der Waals surface area (Å²) in [6, 6.07) is 21.7. The van der Waals surface area contributed by atoms with Gasteiger partial charge in [0.2, 0.25) is 0 Å². The number of rotatable bonds is 6. The number of hydrogen-bond acceptors (Lipinski definition) is 7. The maximum absolute atomic E-state index is 5.92. The summed E-state index contributed by atoms with van der Waals surface area (Å²) >= 11 is 0. The van der Waals surface area contributed by atoms with Crippen LogP contribution in [0.3, 0.4) is 0 Å². The average Bonchev–Trinajstić information content (AvgIpc) is 3.51. The van der Waals surface area contributed by atoms with E-state index in [4.69, 9.17) is 4.84 Å². The van der Waals surface area contributed by atoms with Crippen molar-refractivity contribution in [2.45, 2.75) is 24.9 Å². The first-order valence-corrected chi connectivity index (χ1v) is 11.2. The van der Waals surface area contributed by atoms with Gasteiger partial charge in [0.25, 0.3) is 0 Å². The Morgan fingerprint density at radius 2 is 1.81 bits per heavy atom. The molecule has 2 aliphatic rings. The van der Waals surface area contributed by atoms with Gasteiger partial charge in [0, 0.05) is 43.0 Å². The Bertz CT molecular complexity index is 1030. The highest BCUT2D eigenvalue weighted by molar-refractivity contribution is 5.63. The van der Waals surface area contributed by atoms with Gasteiger partial charge in [-0.1, -0.05) is 30.3 Å². The van der Waals surface area contributed by atoms with Gasteiger partial charge in [0.1, 0.15) is 12.1 Å². The van der Waals surface area contributed by atoms with E-state index in [2.05, 4.69) is 87.7 Å². The fourth-order valence-corrected chi connectivity index (χ4v) is 4.51. The van der Waals surface area contributed by atoms with E-state index in [0.717, 1.165) is 36.8 Å². The molecule has 0 radical (unpaired) electrons. The Kier molecular flexibility index (Phi) is 5.92. The topological polar surface area (TPSA) is 56.8 Å². The molecule has 0 bridgehead atoms. The van der Waals surface area contributed by atoms with Gasteiger partial charge in [0.05, 0.1) is 12.6 Å². The highest BCUT2D eigenvalue weighted by Crippen LogP contribution is 2.34. The molecular weight excluding hydrogens is 400 g/mol. The van der Waals surface area contributed by atoms with Crippen LogP contribution in [0, 0.1) is 0 Å². The molecule has 3 heterocycles. The zero-order valence-electron chi connectivity index (χ0n) is 18.7. The Morgan fingerprint density at radius 3 is 2.56 bits per heavy atom. The number of nitrogens with one attached hydrogen (secondary N) is 1. The number of nitrogens with zero attached hydrogens (tertiary/aromatic N) is 5. The summed E-state index contributed by atoms with van der Waals surface area (Å²) in [5, 5.41) is 5.31. The first-order chi connectivity index (χ1) is 15.7. The molecule has 5 rings (SSSR count). The summed E-state index contributed by atoms with van der Waals surface area (Å²) in [6.07, 6.45) is 3.73. The summed E-state index contributed by atoms with van der Waals surface area (Å²) in [5.41, 5.74) is 3.50. The third kappa shape index (κ3) is 4.40. The Hall–Kier alpha value is -3.16. The van der Waals surface area contributed by atoms with Crippen molar-refractivity contribution in [1.82, 2.24) is 14.9 Å². The van der Waals surface area contributed by atoms with E-state index in [0.29, 0.717) is 12.6 Å². The molecule has 166 valence electrons. The summed E-state index contributed by atoms with van der Waals surface area (Å²) in [7, 11) is 4.32. The van der Waals surface area contributed by atoms with Crippen molar-refractivity contribution in [3.8, 4) is 0 Å². The van der Waals surface area contributed by atoms with Crippen LogP contribution in [0.1, 0.15) is 24.4 Å². The van der Waals surface area contributed by atoms with Crippen LogP contribution in [-0.4, -0.2) is 54.7 Å². The first kappa shape index (κ1) is 20.7. The molecule has 2 unspecified atom stereocenters. The van der Waals surface area contributed by atoms with Crippen molar-refractivity contribution in [2.24, 2.45) is 0 Å². The number of likely N-dealkylation sites (N-methyl/N-ethyl adjacent to an activating group) is 1. The molecule has 0 spiro atoms. The fourth-order valence-electron chi connectivity index (χ4n) is 4.51. The molecule has 3 aromatic rings. The predicted octanol–water partition coefficient (Wildman–Crippen LogP) is 4.24. The molecule has 7 nitrogen and oxygen atoms in total. The minimum Gasteiger partial charge on any atom is -0.370 e. The average molecular weight is 431 g/mol. The number of anilines is 4. The maximum atomic E-state index is 5.92. The van der Waals surface area contributed by atoms with E-state index in [9.17, 15) is 0 Å². The van der Waals surface area contributed by atoms with Crippen LogP contribution in [0.15, 0.2) is 67.0 Å². The monoisotopic (exact) mass is 430 g/mol. The lowest BCUT2D eigenvalue weighted by atomic mass is 10.0. The van der Waals surface area contributed by atoms with Crippen LogP contribution in [0.25, 0.3) is 0 Å². The highest BCUT2D eigenvalue weighted by atomic mass is 16.7. The summed E-state index contributed by atoms with van der Waals surface area (Å²) in [6.45, 7) is 2.86. The molecule has 2 aromatic carbocycles. The molecule has 0 aliphatic carbocycles. The predicted molar refractivity (Wildman–Crippen MR) is 128 cm³/mol. The van der Waals surface area contributed by atoms with E-state index in [1.807, 2.05) is 17.2 Å². The molecular formula is C25H30N6O. The molecule has 2 atom stereocenters.